The van der Waals surface area contributed by atoms with E-state index >= 15 is 0 Å². The normalized spacial score (nSPS) is 43.8. The topological polar surface area (TPSA) is 80.9 Å². The van der Waals surface area contributed by atoms with Gasteiger partial charge in [0.05, 0.1) is 24.4 Å². The quantitative estimate of drug-likeness (QED) is 0.215. The molecule has 284 valence electrons. The molecule has 0 bridgehead atoms. The number of hydrogen-bond donors (Lipinski definition) is 4. The van der Waals surface area contributed by atoms with E-state index < -0.39 is 0 Å². The summed E-state index contributed by atoms with van der Waals surface area (Å²) in [7, 11) is 0. The second-order valence-electron chi connectivity index (χ2n) is 19.7. The van der Waals surface area contributed by atoms with E-state index in [1.807, 2.05) is 0 Å². The van der Waals surface area contributed by atoms with Crippen LogP contribution in [0.3, 0.4) is 0 Å². The van der Waals surface area contributed by atoms with E-state index in [-0.39, 0.29) is 24.4 Å². The fourth-order valence-corrected chi connectivity index (χ4v) is 13.3. The van der Waals surface area contributed by atoms with Crippen molar-refractivity contribution in [3.63, 3.8) is 0 Å². The first-order chi connectivity index (χ1) is 23.8. The van der Waals surface area contributed by atoms with Crippen molar-refractivity contribution in [1.29, 1.82) is 0 Å². The maximum Gasteiger partial charge on any atom is 0.0599 e. The summed E-state index contributed by atoms with van der Waals surface area (Å²) in [4.78, 5) is 0. The number of aliphatic hydroxyl groups excluding tert-OH is 4. The van der Waals surface area contributed by atoms with Crippen LogP contribution in [0.2, 0.25) is 0 Å². The number of rotatable bonds is 7. The Morgan fingerprint density at radius 1 is 0.367 bits per heavy atom. The van der Waals surface area contributed by atoms with Crippen LogP contribution in [-0.4, -0.2) is 44.8 Å². The van der Waals surface area contributed by atoms with Gasteiger partial charge in [-0.3, -0.25) is 0 Å². The van der Waals surface area contributed by atoms with Gasteiger partial charge in [-0.05, 0) is 155 Å². The zero-order chi connectivity index (χ0) is 34.2. The molecule has 7 aliphatic carbocycles. The van der Waals surface area contributed by atoms with Crippen molar-refractivity contribution in [1.82, 2.24) is 0 Å². The molecule has 0 amide bonds. The van der Waals surface area contributed by atoms with Crippen LogP contribution in [0.15, 0.2) is 0 Å². The van der Waals surface area contributed by atoms with Gasteiger partial charge in [0.15, 0.2) is 0 Å². The smallest absolute Gasteiger partial charge is 0.0599 e. The average molecular weight is 685 g/mol. The molecule has 0 spiro atoms. The zero-order valence-corrected chi connectivity index (χ0v) is 32.0. The molecular weight excluding hydrogens is 604 g/mol. The van der Waals surface area contributed by atoms with E-state index in [1.165, 1.54) is 161 Å². The lowest BCUT2D eigenvalue weighted by Gasteiger charge is -2.47. The molecule has 7 fully saturated rings. The lowest BCUT2D eigenvalue weighted by molar-refractivity contribution is -0.0592. The van der Waals surface area contributed by atoms with Crippen LogP contribution >= 0.6 is 0 Å². The van der Waals surface area contributed by atoms with Gasteiger partial charge in [0.1, 0.15) is 0 Å². The minimum atomic E-state index is -0.0542. The monoisotopic (exact) mass is 685 g/mol. The molecule has 8 unspecified atom stereocenters. The Labute approximate surface area is 302 Å². The molecular formula is C45H80O4. The summed E-state index contributed by atoms with van der Waals surface area (Å²) in [5.74, 6) is 7.95. The first kappa shape index (κ1) is 38.6. The van der Waals surface area contributed by atoms with Crippen LogP contribution in [0.1, 0.15) is 193 Å². The third-order valence-corrected chi connectivity index (χ3v) is 16.1. The first-order valence-electron chi connectivity index (χ1n) is 22.6. The highest BCUT2D eigenvalue weighted by Gasteiger charge is 2.44. The van der Waals surface area contributed by atoms with Crippen molar-refractivity contribution in [3.05, 3.63) is 0 Å². The molecule has 8 atom stereocenters. The van der Waals surface area contributed by atoms with Gasteiger partial charge in [0, 0.05) is 0 Å². The summed E-state index contributed by atoms with van der Waals surface area (Å²) in [6.07, 6.45) is 37.1. The highest BCUT2D eigenvalue weighted by molar-refractivity contribution is 4.94. The highest BCUT2D eigenvalue weighted by atomic mass is 16.3. The fraction of sp³-hybridized carbons (Fsp3) is 1.00. The van der Waals surface area contributed by atoms with Crippen LogP contribution in [-0.2, 0) is 0 Å². The lowest BCUT2D eigenvalue weighted by atomic mass is 9.60. The van der Waals surface area contributed by atoms with Gasteiger partial charge in [-0.15, -0.1) is 0 Å². The van der Waals surface area contributed by atoms with Crippen molar-refractivity contribution in [2.75, 3.05) is 0 Å². The zero-order valence-electron chi connectivity index (χ0n) is 32.0. The number of hydrogen-bond acceptors (Lipinski definition) is 4. The Balaban J connectivity index is 0.000000174. The van der Waals surface area contributed by atoms with Crippen LogP contribution < -0.4 is 0 Å². The molecule has 49 heavy (non-hydrogen) atoms. The third kappa shape index (κ3) is 10.9. The van der Waals surface area contributed by atoms with Gasteiger partial charge in [-0.2, -0.15) is 0 Å². The van der Waals surface area contributed by atoms with E-state index in [0.717, 1.165) is 67.1 Å². The maximum absolute atomic E-state index is 11.4. The summed E-state index contributed by atoms with van der Waals surface area (Å²) in [6, 6.07) is 0. The molecule has 0 radical (unpaired) electrons. The molecule has 0 aliphatic heterocycles. The van der Waals surface area contributed by atoms with Gasteiger partial charge in [-0.25, -0.2) is 0 Å². The minimum Gasteiger partial charge on any atom is -0.393 e. The maximum atomic E-state index is 11.4. The minimum absolute atomic E-state index is 0.0419. The summed E-state index contributed by atoms with van der Waals surface area (Å²) in [6.45, 7) is 2.40. The molecule has 0 aromatic carbocycles. The molecule has 0 aromatic rings. The van der Waals surface area contributed by atoms with Crippen LogP contribution in [0.5, 0.6) is 0 Å². The SMILES string of the molecule is CC1CC(CC2CCC(O)CC2)C(O)C(C2CCCCC2)C1.OC1CCC(CC2CC(C3CCCCC3)CC(C3CCCCC3)C2O)CC1. The molecule has 4 nitrogen and oxygen atoms in total. The highest BCUT2D eigenvalue weighted by Crippen LogP contribution is 2.50. The van der Waals surface area contributed by atoms with Gasteiger partial charge in [-0.1, -0.05) is 103 Å². The summed E-state index contributed by atoms with van der Waals surface area (Å²) >= 11 is 0. The van der Waals surface area contributed by atoms with Crippen molar-refractivity contribution in [2.45, 2.75) is 218 Å². The van der Waals surface area contributed by atoms with Crippen LogP contribution in [0.25, 0.3) is 0 Å². The third-order valence-electron chi connectivity index (χ3n) is 16.1. The Morgan fingerprint density at radius 2 is 0.755 bits per heavy atom. The predicted molar refractivity (Wildman–Crippen MR) is 202 cm³/mol. The largest absolute Gasteiger partial charge is 0.393 e. The molecule has 0 aromatic heterocycles. The van der Waals surface area contributed by atoms with E-state index in [1.54, 1.807) is 0 Å². The number of aliphatic hydroxyl groups is 4. The summed E-state index contributed by atoms with van der Waals surface area (Å²) < 4.78 is 0. The van der Waals surface area contributed by atoms with Crippen molar-refractivity contribution in [3.8, 4) is 0 Å². The Bertz CT molecular complexity index is 905. The fourth-order valence-electron chi connectivity index (χ4n) is 13.3. The van der Waals surface area contributed by atoms with Crippen molar-refractivity contribution >= 4 is 0 Å². The first-order valence-corrected chi connectivity index (χ1v) is 22.6. The van der Waals surface area contributed by atoms with Gasteiger partial charge >= 0.3 is 0 Å². The second kappa shape index (κ2) is 19.3. The van der Waals surface area contributed by atoms with Crippen LogP contribution in [0, 0.1) is 65.1 Å². The Kier molecular flexibility index (Phi) is 15.1. The summed E-state index contributed by atoms with van der Waals surface area (Å²) in [5.41, 5.74) is 0. The van der Waals surface area contributed by atoms with Crippen molar-refractivity contribution in [2.24, 2.45) is 65.1 Å². The van der Waals surface area contributed by atoms with E-state index in [9.17, 15) is 20.4 Å². The predicted octanol–water partition coefficient (Wildman–Crippen LogP) is 10.6. The summed E-state index contributed by atoms with van der Waals surface area (Å²) in [5, 5.41) is 42.0. The standard InChI is InChI=1S/C25H44O2.C20H36O2/c26-23-13-11-18(12-14-23)15-22-16-21(19-7-3-1-4-8-19)17-24(25(22)27)20-9-5-2-6-10-20;1-14-11-17(13-15-7-9-18(21)10-8-15)20(22)19(12-14)16-5-3-2-4-6-16/h18-27H,1-17H2;14-22H,2-13H2,1H3. The van der Waals surface area contributed by atoms with Gasteiger partial charge < -0.3 is 20.4 Å². The molecule has 4 heteroatoms. The van der Waals surface area contributed by atoms with E-state index in [0.29, 0.717) is 23.7 Å². The Morgan fingerprint density at radius 3 is 1.20 bits per heavy atom. The lowest BCUT2D eigenvalue weighted by Crippen LogP contribution is -2.44. The van der Waals surface area contributed by atoms with E-state index in [2.05, 4.69) is 6.92 Å². The van der Waals surface area contributed by atoms with E-state index in [4.69, 9.17) is 0 Å². The molecule has 0 saturated heterocycles. The second-order valence-corrected chi connectivity index (χ2v) is 19.7. The average Bonchev–Trinajstić information content (AvgIpc) is 3.14. The van der Waals surface area contributed by atoms with Crippen LogP contribution in [0.4, 0.5) is 0 Å². The molecule has 7 saturated carbocycles. The molecule has 7 rings (SSSR count). The van der Waals surface area contributed by atoms with Gasteiger partial charge in [0.2, 0.25) is 0 Å². The molecule has 7 aliphatic rings. The molecule has 0 heterocycles. The molecule has 4 N–H and O–H groups in total. The van der Waals surface area contributed by atoms with Gasteiger partial charge in [0.25, 0.3) is 0 Å². The van der Waals surface area contributed by atoms with Crippen molar-refractivity contribution < 1.29 is 20.4 Å². The Hall–Kier alpha value is -0.160.